The first-order valence-electron chi connectivity index (χ1n) is 6.14. The van der Waals surface area contributed by atoms with E-state index in [4.69, 9.17) is 0 Å². The first kappa shape index (κ1) is 16.6. The number of carbonyl (C=O) groups is 2. The van der Waals surface area contributed by atoms with Crippen LogP contribution in [0.5, 0.6) is 0 Å². The van der Waals surface area contributed by atoms with E-state index in [-0.39, 0.29) is 37.1 Å². The maximum Gasteiger partial charge on any atom is 0.224 e. The minimum Gasteiger partial charge on any atom is -0.325 e. The number of anilines is 2. The lowest BCUT2D eigenvalue weighted by Gasteiger charge is -2.05. The van der Waals surface area contributed by atoms with Crippen LogP contribution in [0.25, 0.3) is 0 Å². The van der Waals surface area contributed by atoms with E-state index >= 15 is 0 Å². The molecule has 0 aliphatic rings. The highest BCUT2D eigenvalue weighted by atomic mass is 35.5. The van der Waals surface area contributed by atoms with Crippen molar-refractivity contribution in [3.8, 4) is 0 Å². The van der Waals surface area contributed by atoms with Gasteiger partial charge >= 0.3 is 0 Å². The second-order valence-corrected chi connectivity index (χ2v) is 4.08. The van der Waals surface area contributed by atoms with Gasteiger partial charge in [-0.25, -0.2) is 0 Å². The largest absolute Gasteiger partial charge is 0.325 e. The summed E-state index contributed by atoms with van der Waals surface area (Å²) < 4.78 is 0. The number of rotatable bonds is 5. The number of aromatic nitrogens is 2. The van der Waals surface area contributed by atoms with E-state index in [9.17, 15) is 9.59 Å². The molecule has 0 fully saturated rings. The van der Waals surface area contributed by atoms with E-state index in [1.54, 1.807) is 49.1 Å². The van der Waals surface area contributed by atoms with Crippen LogP contribution in [0.3, 0.4) is 0 Å². The Bertz CT molecular complexity index is 525. The zero-order valence-corrected chi connectivity index (χ0v) is 12.0. The first-order chi connectivity index (χ1) is 9.74. The molecule has 2 aromatic rings. The van der Waals surface area contributed by atoms with Crippen molar-refractivity contribution in [2.45, 2.75) is 12.8 Å². The van der Waals surface area contributed by atoms with E-state index in [0.29, 0.717) is 11.4 Å². The summed E-state index contributed by atoms with van der Waals surface area (Å²) >= 11 is 0. The molecule has 6 nitrogen and oxygen atoms in total. The van der Waals surface area contributed by atoms with Crippen LogP contribution < -0.4 is 10.6 Å². The molecule has 0 bridgehead atoms. The number of amides is 2. The van der Waals surface area contributed by atoms with Crippen molar-refractivity contribution in [1.82, 2.24) is 9.97 Å². The summed E-state index contributed by atoms with van der Waals surface area (Å²) in [5, 5.41) is 5.33. The summed E-state index contributed by atoms with van der Waals surface area (Å²) in [5.41, 5.74) is 1.23. The van der Waals surface area contributed by atoms with Crippen molar-refractivity contribution in [2.75, 3.05) is 10.6 Å². The molecule has 0 atom stereocenters. The summed E-state index contributed by atoms with van der Waals surface area (Å²) in [4.78, 5) is 31.1. The van der Waals surface area contributed by atoms with E-state index in [0.717, 1.165) is 0 Å². The molecule has 7 heteroatoms. The molecule has 0 saturated carbocycles. The molecule has 2 amide bonds. The summed E-state index contributed by atoms with van der Waals surface area (Å²) in [7, 11) is 0. The van der Waals surface area contributed by atoms with Gasteiger partial charge in [0.05, 0.1) is 23.8 Å². The molecule has 0 spiro atoms. The third kappa shape index (κ3) is 6.01. The Morgan fingerprint density at radius 1 is 0.857 bits per heavy atom. The first-order valence-corrected chi connectivity index (χ1v) is 6.14. The highest BCUT2D eigenvalue weighted by Crippen LogP contribution is 2.06. The molecule has 21 heavy (non-hydrogen) atoms. The number of hydrogen-bond acceptors (Lipinski definition) is 4. The van der Waals surface area contributed by atoms with Crippen LogP contribution in [0.4, 0.5) is 11.4 Å². The third-order valence-electron chi connectivity index (χ3n) is 2.47. The van der Waals surface area contributed by atoms with Crippen molar-refractivity contribution >= 4 is 35.6 Å². The van der Waals surface area contributed by atoms with Gasteiger partial charge < -0.3 is 10.6 Å². The van der Waals surface area contributed by atoms with Gasteiger partial charge in [-0.1, -0.05) is 0 Å². The fourth-order valence-corrected chi connectivity index (χ4v) is 1.55. The predicted molar refractivity (Wildman–Crippen MR) is 82.2 cm³/mol. The van der Waals surface area contributed by atoms with Crippen LogP contribution in [0, 0.1) is 0 Å². The molecule has 2 rings (SSSR count). The van der Waals surface area contributed by atoms with Crippen LogP contribution in [-0.2, 0) is 9.59 Å². The van der Waals surface area contributed by atoms with Gasteiger partial charge in [-0.2, -0.15) is 0 Å². The normalized spacial score (nSPS) is 9.33. The van der Waals surface area contributed by atoms with Gasteiger partial charge in [-0.15, -0.1) is 12.4 Å². The van der Waals surface area contributed by atoms with Crippen molar-refractivity contribution in [3.05, 3.63) is 49.1 Å². The number of halogens is 1. The Labute approximate surface area is 128 Å². The maximum atomic E-state index is 11.6. The van der Waals surface area contributed by atoms with Crippen LogP contribution in [0.1, 0.15) is 12.8 Å². The smallest absolute Gasteiger partial charge is 0.224 e. The molecule has 0 aliphatic heterocycles. The molecule has 0 unspecified atom stereocenters. The highest BCUT2D eigenvalue weighted by Gasteiger charge is 2.07. The molecule has 2 aromatic heterocycles. The van der Waals surface area contributed by atoms with Crippen molar-refractivity contribution < 1.29 is 9.59 Å². The van der Waals surface area contributed by atoms with E-state index in [2.05, 4.69) is 20.6 Å². The summed E-state index contributed by atoms with van der Waals surface area (Å²) in [6.07, 6.45) is 6.57. The number of nitrogens with one attached hydrogen (secondary N) is 2. The molecule has 0 radical (unpaired) electrons. The molecule has 110 valence electrons. The summed E-state index contributed by atoms with van der Waals surface area (Å²) in [6.45, 7) is 0. The molecular weight excluding hydrogens is 292 g/mol. The minimum absolute atomic E-state index is 0. The van der Waals surface area contributed by atoms with Gasteiger partial charge in [0.2, 0.25) is 11.8 Å². The molecule has 0 aliphatic carbocycles. The molecule has 0 saturated heterocycles. The van der Waals surface area contributed by atoms with E-state index < -0.39 is 0 Å². The topological polar surface area (TPSA) is 84.0 Å². The summed E-state index contributed by atoms with van der Waals surface area (Å²) in [6, 6.07) is 6.93. The average Bonchev–Trinajstić information content (AvgIpc) is 2.47. The number of pyridine rings is 2. The number of nitrogens with zero attached hydrogens (tertiary/aromatic N) is 2. The van der Waals surface area contributed by atoms with Gasteiger partial charge in [0, 0.05) is 25.2 Å². The average molecular weight is 307 g/mol. The second-order valence-electron chi connectivity index (χ2n) is 4.08. The zero-order valence-electron chi connectivity index (χ0n) is 11.2. The second kappa shape index (κ2) is 8.65. The molecule has 2 N–H and O–H groups in total. The van der Waals surface area contributed by atoms with Gasteiger partial charge in [0.25, 0.3) is 0 Å². The lowest BCUT2D eigenvalue weighted by atomic mass is 10.2. The van der Waals surface area contributed by atoms with E-state index in [1.165, 1.54) is 0 Å². The maximum absolute atomic E-state index is 11.6. The lowest BCUT2D eigenvalue weighted by Crippen LogP contribution is -2.17. The van der Waals surface area contributed by atoms with Crippen molar-refractivity contribution in [3.63, 3.8) is 0 Å². The molecule has 2 heterocycles. The third-order valence-corrected chi connectivity index (χ3v) is 2.47. The standard InChI is InChI=1S/C14H14N4O2.ClH/c19-13(17-11-3-1-7-15-9-11)5-6-14(20)18-12-4-2-8-16-10-12;/h1-4,7-10H,5-6H2,(H,17,19)(H,18,20);1H. The van der Waals surface area contributed by atoms with E-state index in [1.807, 2.05) is 0 Å². The number of hydrogen-bond donors (Lipinski definition) is 2. The van der Waals surface area contributed by atoms with Crippen molar-refractivity contribution in [1.29, 1.82) is 0 Å². The highest BCUT2D eigenvalue weighted by molar-refractivity contribution is 5.96. The van der Waals surface area contributed by atoms with Crippen LogP contribution in [0.15, 0.2) is 49.1 Å². The Balaban J connectivity index is 0.00000220. The van der Waals surface area contributed by atoms with Crippen LogP contribution >= 0.6 is 12.4 Å². The fourth-order valence-electron chi connectivity index (χ4n) is 1.55. The monoisotopic (exact) mass is 306 g/mol. The SMILES string of the molecule is Cl.O=C(CCC(=O)Nc1cccnc1)Nc1cccnc1. The van der Waals surface area contributed by atoms with Crippen molar-refractivity contribution in [2.24, 2.45) is 0 Å². The predicted octanol–water partition coefficient (Wildman–Crippen LogP) is 2.26. The van der Waals surface area contributed by atoms with Gasteiger partial charge in [0.1, 0.15) is 0 Å². The Morgan fingerprint density at radius 3 is 1.62 bits per heavy atom. The molecular formula is C14H15ClN4O2. The fraction of sp³-hybridized carbons (Fsp3) is 0.143. The molecule has 0 aromatic carbocycles. The Morgan fingerprint density at radius 2 is 1.29 bits per heavy atom. The minimum atomic E-state index is -0.223. The Hall–Kier alpha value is -2.47. The number of carbonyl (C=O) groups excluding carboxylic acids is 2. The summed E-state index contributed by atoms with van der Waals surface area (Å²) in [5.74, 6) is -0.446. The van der Waals surface area contributed by atoms with Crippen LogP contribution in [-0.4, -0.2) is 21.8 Å². The van der Waals surface area contributed by atoms with Gasteiger partial charge in [-0.3, -0.25) is 19.6 Å². The van der Waals surface area contributed by atoms with Crippen LogP contribution in [0.2, 0.25) is 0 Å². The zero-order chi connectivity index (χ0) is 14.2. The van der Waals surface area contributed by atoms with Gasteiger partial charge in [0.15, 0.2) is 0 Å². The Kier molecular flexibility index (Phi) is 6.83. The lowest BCUT2D eigenvalue weighted by molar-refractivity contribution is -0.121. The van der Waals surface area contributed by atoms with Gasteiger partial charge in [-0.05, 0) is 24.3 Å². The quantitative estimate of drug-likeness (QED) is 0.887.